The van der Waals surface area contributed by atoms with Crippen LogP contribution in [-0.2, 0) is 7.05 Å². The number of hydrogen-bond donors (Lipinski definition) is 0. The lowest BCUT2D eigenvalue weighted by Gasteiger charge is -2.14. The Morgan fingerprint density at radius 3 is 2.11 bits per heavy atom. The highest BCUT2D eigenvalue weighted by molar-refractivity contribution is 6.27. The minimum Gasteiger partial charge on any atom is -0.493 e. The Kier molecular flexibility index (Phi) is 3.07. The van der Waals surface area contributed by atoms with Crippen LogP contribution in [0.3, 0.4) is 0 Å². The highest BCUT2D eigenvalue weighted by Gasteiger charge is 2.35. The van der Waals surface area contributed by atoms with E-state index < -0.39 is 0 Å². The summed E-state index contributed by atoms with van der Waals surface area (Å²) in [6.45, 7) is 0.118. The van der Waals surface area contributed by atoms with Crippen LogP contribution in [0, 0.1) is 0 Å². The predicted molar refractivity (Wildman–Crippen MR) is 97.3 cm³/mol. The Hall–Kier alpha value is -3.48. The number of aromatic nitrogens is 1. The lowest BCUT2D eigenvalue weighted by atomic mass is 10.0. The summed E-state index contributed by atoms with van der Waals surface area (Å²) in [4.78, 5) is 26.2. The summed E-state index contributed by atoms with van der Waals surface area (Å²) in [7, 11) is 4.68. The summed E-state index contributed by atoms with van der Waals surface area (Å²) in [5, 5.41) is 0.934. The van der Waals surface area contributed by atoms with E-state index in [9.17, 15) is 9.59 Å². The van der Waals surface area contributed by atoms with Gasteiger partial charge in [0.1, 0.15) is 0 Å². The normalized spacial score (nSPS) is 13.7. The van der Waals surface area contributed by atoms with Crippen LogP contribution < -0.4 is 24.5 Å². The van der Waals surface area contributed by atoms with Gasteiger partial charge in [-0.3, -0.25) is 9.59 Å². The number of benzene rings is 2. The average molecular weight is 365 g/mol. The molecule has 0 saturated carbocycles. The van der Waals surface area contributed by atoms with E-state index in [0.29, 0.717) is 56.2 Å². The van der Waals surface area contributed by atoms with Gasteiger partial charge in [0, 0.05) is 23.6 Å². The first-order valence-corrected chi connectivity index (χ1v) is 8.32. The first kappa shape index (κ1) is 15.7. The average Bonchev–Trinajstić information content (AvgIpc) is 3.25. The highest BCUT2D eigenvalue weighted by Crippen LogP contribution is 2.46. The third kappa shape index (κ3) is 1.91. The molecule has 27 heavy (non-hydrogen) atoms. The van der Waals surface area contributed by atoms with Crippen LogP contribution in [-0.4, -0.2) is 31.4 Å². The number of fused-ring (bicyclic) bond motifs is 6. The third-order valence-corrected chi connectivity index (χ3v) is 5.14. The molecule has 2 heterocycles. The number of methoxy groups -OCH3 is 2. The van der Waals surface area contributed by atoms with Crippen LogP contribution in [0.2, 0.25) is 0 Å². The van der Waals surface area contributed by atoms with Crippen LogP contribution in [0.5, 0.6) is 23.0 Å². The molecular weight excluding hydrogens is 350 g/mol. The molecule has 2 aromatic carbocycles. The van der Waals surface area contributed by atoms with Gasteiger partial charge in [0.15, 0.2) is 28.8 Å². The van der Waals surface area contributed by atoms with E-state index in [1.165, 1.54) is 18.8 Å². The van der Waals surface area contributed by atoms with Crippen molar-refractivity contribution in [3.63, 3.8) is 0 Å². The molecule has 1 aliphatic carbocycles. The minimum absolute atomic E-state index is 0.118. The molecule has 0 atom stereocenters. The van der Waals surface area contributed by atoms with Crippen molar-refractivity contribution >= 4 is 16.6 Å². The molecule has 136 valence electrons. The van der Waals surface area contributed by atoms with Gasteiger partial charge in [-0.25, -0.2) is 0 Å². The van der Waals surface area contributed by atoms with Gasteiger partial charge in [-0.1, -0.05) is 0 Å². The lowest BCUT2D eigenvalue weighted by Crippen LogP contribution is -2.20. The van der Waals surface area contributed by atoms with E-state index in [-0.39, 0.29) is 18.1 Å². The van der Waals surface area contributed by atoms with Gasteiger partial charge in [-0.2, -0.15) is 0 Å². The van der Waals surface area contributed by atoms with Crippen LogP contribution in [0.25, 0.3) is 22.0 Å². The minimum atomic E-state index is -0.219. The quantitative estimate of drug-likeness (QED) is 0.543. The van der Waals surface area contributed by atoms with E-state index in [2.05, 4.69) is 0 Å². The molecule has 7 heteroatoms. The second-order valence-corrected chi connectivity index (χ2v) is 6.42. The molecular formula is C20H15NO6. The second-order valence-electron chi connectivity index (χ2n) is 6.42. The van der Waals surface area contributed by atoms with E-state index in [1.54, 1.807) is 31.3 Å². The summed E-state index contributed by atoms with van der Waals surface area (Å²) in [5.74, 6) is 1.83. The number of hydrogen-bond acceptors (Lipinski definition) is 6. The molecule has 0 spiro atoms. The summed E-state index contributed by atoms with van der Waals surface area (Å²) in [6.07, 6.45) is 0. The van der Waals surface area contributed by atoms with E-state index in [4.69, 9.17) is 18.9 Å². The van der Waals surface area contributed by atoms with Crippen molar-refractivity contribution in [2.24, 2.45) is 7.05 Å². The molecule has 1 aromatic heterocycles. The summed E-state index contributed by atoms with van der Waals surface area (Å²) >= 11 is 0. The molecule has 0 fully saturated rings. The Bertz CT molecular complexity index is 1220. The van der Waals surface area contributed by atoms with Gasteiger partial charge in [0.25, 0.3) is 5.56 Å². The molecule has 5 rings (SSSR count). The fraction of sp³-hybridized carbons (Fsp3) is 0.200. The van der Waals surface area contributed by atoms with Crippen molar-refractivity contribution in [1.82, 2.24) is 4.57 Å². The summed E-state index contributed by atoms with van der Waals surface area (Å²) in [6, 6.07) is 6.72. The van der Waals surface area contributed by atoms with Gasteiger partial charge >= 0.3 is 0 Å². The van der Waals surface area contributed by atoms with E-state index in [1.807, 2.05) is 0 Å². The SMILES string of the molecule is COc1cc2c3c(n(C)c(=O)c2cc1OC)-c1cc2c(cc1C3=O)OCO2. The predicted octanol–water partition coefficient (Wildman–Crippen LogP) is 2.50. The fourth-order valence-electron chi connectivity index (χ4n) is 3.85. The van der Waals surface area contributed by atoms with Crippen LogP contribution in [0.4, 0.5) is 0 Å². The number of carbonyl (C=O) groups is 1. The number of ether oxygens (including phenoxy) is 4. The summed E-state index contributed by atoms with van der Waals surface area (Å²) in [5.41, 5.74) is 1.97. The zero-order valence-electron chi connectivity index (χ0n) is 14.9. The third-order valence-electron chi connectivity index (χ3n) is 5.14. The smallest absolute Gasteiger partial charge is 0.258 e. The van der Waals surface area contributed by atoms with E-state index >= 15 is 0 Å². The Morgan fingerprint density at radius 2 is 1.48 bits per heavy atom. The van der Waals surface area contributed by atoms with Gasteiger partial charge < -0.3 is 23.5 Å². The van der Waals surface area contributed by atoms with Crippen molar-refractivity contribution in [2.75, 3.05) is 21.0 Å². The number of rotatable bonds is 2. The molecule has 0 N–H and O–H groups in total. The molecule has 1 aliphatic heterocycles. The van der Waals surface area contributed by atoms with E-state index in [0.717, 1.165) is 0 Å². The monoisotopic (exact) mass is 365 g/mol. The topological polar surface area (TPSA) is 76.0 Å². The molecule has 7 nitrogen and oxygen atoms in total. The van der Waals surface area contributed by atoms with Gasteiger partial charge in [0.2, 0.25) is 6.79 Å². The van der Waals surface area contributed by atoms with Crippen molar-refractivity contribution in [3.8, 4) is 34.3 Å². The first-order valence-electron chi connectivity index (χ1n) is 8.32. The largest absolute Gasteiger partial charge is 0.493 e. The van der Waals surface area contributed by atoms with Gasteiger partial charge in [0.05, 0.1) is 30.9 Å². The fourth-order valence-corrected chi connectivity index (χ4v) is 3.85. The Labute approximate surface area is 153 Å². The van der Waals surface area contributed by atoms with Crippen molar-refractivity contribution in [3.05, 3.63) is 45.7 Å². The van der Waals surface area contributed by atoms with Crippen molar-refractivity contribution in [1.29, 1.82) is 0 Å². The van der Waals surface area contributed by atoms with Crippen molar-refractivity contribution < 1.29 is 23.7 Å². The second kappa shape index (κ2) is 5.26. The highest BCUT2D eigenvalue weighted by atomic mass is 16.7. The van der Waals surface area contributed by atoms with Gasteiger partial charge in [-0.15, -0.1) is 0 Å². The summed E-state index contributed by atoms with van der Waals surface area (Å²) < 4.78 is 23.0. The Morgan fingerprint density at radius 1 is 0.889 bits per heavy atom. The molecule has 3 aromatic rings. The Balaban J connectivity index is 1.92. The van der Waals surface area contributed by atoms with Crippen molar-refractivity contribution in [2.45, 2.75) is 0 Å². The van der Waals surface area contributed by atoms with Gasteiger partial charge in [-0.05, 0) is 24.3 Å². The molecule has 0 bridgehead atoms. The van der Waals surface area contributed by atoms with Crippen LogP contribution >= 0.6 is 0 Å². The molecule has 0 saturated heterocycles. The lowest BCUT2D eigenvalue weighted by molar-refractivity contribution is 0.104. The van der Waals surface area contributed by atoms with Crippen LogP contribution in [0.1, 0.15) is 15.9 Å². The zero-order chi connectivity index (χ0) is 18.9. The zero-order valence-corrected chi connectivity index (χ0v) is 14.9. The number of ketones is 1. The maximum atomic E-state index is 13.2. The number of carbonyl (C=O) groups excluding carboxylic acids is 1. The molecule has 0 amide bonds. The first-order chi connectivity index (χ1) is 13.0. The maximum Gasteiger partial charge on any atom is 0.258 e. The molecule has 0 radical (unpaired) electrons. The molecule has 2 aliphatic rings. The number of pyridine rings is 1. The molecule has 0 unspecified atom stereocenters. The number of nitrogens with zero attached hydrogens (tertiary/aromatic N) is 1. The maximum absolute atomic E-state index is 13.2. The standard InChI is InChI=1S/C20H15NO6/c1-21-18-10-5-15-16(27-8-26-15)6-11(10)19(22)17(18)9-4-13(24-2)14(25-3)7-12(9)20(21)23/h4-7H,8H2,1-3H3. The van der Waals surface area contributed by atoms with Crippen LogP contribution in [0.15, 0.2) is 29.1 Å².